The van der Waals surface area contributed by atoms with Crippen molar-refractivity contribution < 1.29 is 24.5 Å². The smallest absolute Gasteiger partial charge is 0.335 e. The van der Waals surface area contributed by atoms with Crippen LogP contribution in [0.4, 0.5) is 5.69 Å². The Hall–Kier alpha value is -2.28. The Kier molecular flexibility index (Phi) is 6.62. The summed E-state index contributed by atoms with van der Waals surface area (Å²) in [4.78, 5) is 14.3. The first-order chi connectivity index (χ1) is 17.8. The van der Waals surface area contributed by atoms with Gasteiger partial charge < -0.3 is 24.6 Å². The number of carboxylic acid groups (broad SMARTS) is 1. The van der Waals surface area contributed by atoms with Crippen LogP contribution in [-0.4, -0.2) is 54.2 Å². The Morgan fingerprint density at radius 1 is 1.19 bits per heavy atom. The predicted octanol–water partition coefficient (Wildman–Crippen LogP) is 5.47. The quantitative estimate of drug-likeness (QED) is 0.551. The zero-order valence-electron chi connectivity index (χ0n) is 21.4. The summed E-state index contributed by atoms with van der Waals surface area (Å²) in [7, 11) is 0. The lowest BCUT2D eigenvalue weighted by Gasteiger charge is -2.48. The number of rotatable bonds is 4. The number of carbonyl (C=O) groups is 1. The van der Waals surface area contributed by atoms with E-state index in [-0.39, 0.29) is 29.3 Å². The minimum absolute atomic E-state index is 0.0780. The van der Waals surface area contributed by atoms with Gasteiger partial charge in [-0.3, -0.25) is 0 Å². The SMILES string of the molecule is C[C@H]1C[C@@H](O)C[C@H]([C@@H]2CC[C@H]2CN2CC3(CCCc4cc(Cl)ccc43)COc3ccc(C(=O)O)cc32)O1. The zero-order chi connectivity index (χ0) is 25.7. The van der Waals surface area contributed by atoms with Crippen molar-refractivity contribution in [1.29, 1.82) is 0 Å². The molecule has 1 saturated heterocycles. The summed E-state index contributed by atoms with van der Waals surface area (Å²) in [6, 6.07) is 11.5. The van der Waals surface area contributed by atoms with Gasteiger partial charge in [0.1, 0.15) is 5.75 Å². The van der Waals surface area contributed by atoms with Gasteiger partial charge in [-0.1, -0.05) is 17.7 Å². The Bertz CT molecular complexity index is 1180. The summed E-state index contributed by atoms with van der Waals surface area (Å²) in [5.74, 6) is 0.643. The lowest BCUT2D eigenvalue weighted by atomic mass is 9.67. The second kappa shape index (κ2) is 9.79. The highest BCUT2D eigenvalue weighted by Crippen LogP contribution is 2.47. The van der Waals surface area contributed by atoms with E-state index in [0.717, 1.165) is 61.7 Å². The number of aromatic carboxylic acids is 1. The van der Waals surface area contributed by atoms with Crippen molar-refractivity contribution in [3.8, 4) is 5.75 Å². The van der Waals surface area contributed by atoms with E-state index in [1.54, 1.807) is 12.1 Å². The number of anilines is 1. The fourth-order valence-corrected chi connectivity index (χ4v) is 7.47. The van der Waals surface area contributed by atoms with Gasteiger partial charge in [-0.05, 0) is 105 Å². The molecule has 1 unspecified atom stereocenters. The number of aliphatic hydroxyl groups excluding tert-OH is 1. The summed E-state index contributed by atoms with van der Waals surface area (Å²) in [5.41, 5.74) is 3.54. The molecule has 1 spiro atoms. The van der Waals surface area contributed by atoms with Gasteiger partial charge in [0.2, 0.25) is 0 Å². The highest BCUT2D eigenvalue weighted by molar-refractivity contribution is 6.30. The van der Waals surface area contributed by atoms with Crippen LogP contribution in [0.15, 0.2) is 36.4 Å². The third kappa shape index (κ3) is 4.73. The first-order valence-corrected chi connectivity index (χ1v) is 14.1. The molecule has 198 valence electrons. The average Bonchev–Trinajstić information content (AvgIpc) is 2.98. The molecule has 0 aromatic heterocycles. The normalized spacial score (nSPS) is 33.1. The number of benzene rings is 2. The number of carboxylic acids is 1. The number of ether oxygens (including phenoxy) is 2. The molecule has 2 aliphatic heterocycles. The van der Waals surface area contributed by atoms with Crippen molar-refractivity contribution in [3.05, 3.63) is 58.1 Å². The maximum absolute atomic E-state index is 11.9. The van der Waals surface area contributed by atoms with Crippen LogP contribution >= 0.6 is 11.6 Å². The van der Waals surface area contributed by atoms with Gasteiger partial charge in [0.05, 0.1) is 36.2 Å². The molecule has 2 heterocycles. The van der Waals surface area contributed by atoms with Gasteiger partial charge in [0.15, 0.2) is 0 Å². The van der Waals surface area contributed by atoms with Gasteiger partial charge >= 0.3 is 5.97 Å². The average molecular weight is 526 g/mol. The van der Waals surface area contributed by atoms with E-state index in [1.165, 1.54) is 11.1 Å². The molecular weight excluding hydrogens is 490 g/mol. The van der Waals surface area contributed by atoms with Gasteiger partial charge in [-0.2, -0.15) is 0 Å². The number of aryl methyl sites for hydroxylation is 1. The number of nitrogens with zero attached hydrogens (tertiary/aromatic N) is 1. The second-order valence-electron chi connectivity index (χ2n) is 11.7. The highest BCUT2D eigenvalue weighted by Gasteiger charge is 2.45. The summed E-state index contributed by atoms with van der Waals surface area (Å²) < 4.78 is 12.8. The Balaban J connectivity index is 1.34. The fourth-order valence-electron chi connectivity index (χ4n) is 7.27. The van der Waals surface area contributed by atoms with E-state index in [0.29, 0.717) is 31.3 Å². The van der Waals surface area contributed by atoms with E-state index in [9.17, 15) is 15.0 Å². The maximum Gasteiger partial charge on any atom is 0.335 e. The van der Waals surface area contributed by atoms with Crippen molar-refractivity contribution >= 4 is 23.3 Å². The first kappa shape index (κ1) is 25.0. The predicted molar refractivity (Wildman–Crippen MR) is 143 cm³/mol. The largest absolute Gasteiger partial charge is 0.490 e. The standard InChI is InChI=1S/C30H36ClNO5/c1-18-11-23(33)14-28(37-18)24-7-4-21(24)15-32-16-30(10-2-3-19-12-22(31)6-8-25(19)30)17-36-27-9-5-20(29(34)35)13-26(27)32/h5-6,8-9,12-13,18,21,23-24,28,33H,2-4,7,10-11,14-17H2,1H3,(H,34,35)/t18-,21-,23+,24+,28+,30?/m0/s1. The van der Waals surface area contributed by atoms with Gasteiger partial charge in [0, 0.05) is 23.5 Å². The van der Waals surface area contributed by atoms with Gasteiger partial charge in [-0.15, -0.1) is 0 Å². The number of hydrogen-bond donors (Lipinski definition) is 2. The summed E-state index contributed by atoms with van der Waals surface area (Å²) in [6.07, 6.45) is 6.58. The molecule has 1 saturated carbocycles. The highest BCUT2D eigenvalue weighted by atomic mass is 35.5. The van der Waals surface area contributed by atoms with Crippen molar-refractivity contribution in [2.24, 2.45) is 11.8 Å². The molecule has 2 aromatic rings. The molecule has 2 aliphatic carbocycles. The molecule has 0 radical (unpaired) electrons. The van der Waals surface area contributed by atoms with Crippen LogP contribution < -0.4 is 9.64 Å². The van der Waals surface area contributed by atoms with E-state index in [4.69, 9.17) is 21.1 Å². The molecule has 2 N–H and O–H groups in total. The van der Waals surface area contributed by atoms with E-state index in [1.807, 2.05) is 12.1 Å². The monoisotopic (exact) mass is 525 g/mol. The molecule has 0 amide bonds. The van der Waals surface area contributed by atoms with Crippen molar-refractivity contribution in [3.63, 3.8) is 0 Å². The van der Waals surface area contributed by atoms with Gasteiger partial charge in [-0.25, -0.2) is 4.79 Å². The van der Waals surface area contributed by atoms with Crippen LogP contribution in [0.1, 0.15) is 66.9 Å². The summed E-state index contributed by atoms with van der Waals surface area (Å²) in [5, 5.41) is 20.9. The lowest BCUT2D eigenvalue weighted by molar-refractivity contribution is -0.135. The van der Waals surface area contributed by atoms with Crippen LogP contribution in [0.25, 0.3) is 0 Å². The zero-order valence-corrected chi connectivity index (χ0v) is 22.1. The van der Waals surface area contributed by atoms with Crippen molar-refractivity contribution in [2.75, 3.05) is 24.6 Å². The van der Waals surface area contributed by atoms with Crippen LogP contribution in [-0.2, 0) is 16.6 Å². The molecule has 2 fully saturated rings. The third-order valence-corrected chi connectivity index (χ3v) is 9.44. The molecule has 6 atom stereocenters. The molecular formula is C30H36ClNO5. The topological polar surface area (TPSA) is 79.2 Å². The molecule has 6 rings (SSSR count). The molecule has 6 nitrogen and oxygen atoms in total. The molecule has 37 heavy (non-hydrogen) atoms. The Labute approximate surface area is 223 Å². The molecule has 2 aromatic carbocycles. The first-order valence-electron chi connectivity index (χ1n) is 13.7. The lowest BCUT2D eigenvalue weighted by Crippen LogP contribution is -2.51. The third-order valence-electron chi connectivity index (χ3n) is 9.21. The van der Waals surface area contributed by atoms with Crippen molar-refractivity contribution in [2.45, 2.75) is 75.6 Å². The van der Waals surface area contributed by atoms with Crippen LogP contribution in [0.3, 0.4) is 0 Å². The number of aliphatic hydroxyl groups is 1. The van der Waals surface area contributed by atoms with Crippen LogP contribution in [0.2, 0.25) is 5.02 Å². The van der Waals surface area contributed by atoms with Crippen LogP contribution in [0.5, 0.6) is 5.75 Å². The Morgan fingerprint density at radius 2 is 2.05 bits per heavy atom. The second-order valence-corrected chi connectivity index (χ2v) is 12.1. The van der Waals surface area contributed by atoms with E-state index < -0.39 is 5.97 Å². The Morgan fingerprint density at radius 3 is 2.81 bits per heavy atom. The molecule has 0 bridgehead atoms. The van der Waals surface area contributed by atoms with Gasteiger partial charge in [0.25, 0.3) is 0 Å². The summed E-state index contributed by atoms with van der Waals surface area (Å²) >= 11 is 6.36. The molecule has 4 aliphatic rings. The number of fused-ring (bicyclic) bond motifs is 3. The summed E-state index contributed by atoms with van der Waals surface area (Å²) in [6.45, 7) is 4.20. The van der Waals surface area contributed by atoms with E-state index in [2.05, 4.69) is 24.0 Å². The minimum Gasteiger partial charge on any atom is -0.490 e. The minimum atomic E-state index is -0.931. The maximum atomic E-state index is 11.9. The number of halogens is 1. The van der Waals surface area contributed by atoms with Crippen molar-refractivity contribution in [1.82, 2.24) is 0 Å². The number of hydrogen-bond acceptors (Lipinski definition) is 5. The van der Waals surface area contributed by atoms with E-state index >= 15 is 0 Å². The fraction of sp³-hybridized carbons (Fsp3) is 0.567. The van der Waals surface area contributed by atoms with Crippen LogP contribution in [0, 0.1) is 11.8 Å². The molecule has 7 heteroatoms.